The normalized spacial score (nSPS) is 21.5. The summed E-state index contributed by atoms with van der Waals surface area (Å²) in [5, 5.41) is 11.6. The molecule has 1 fully saturated rings. The molecule has 2 N–H and O–H groups in total. The van der Waals surface area contributed by atoms with Crippen molar-refractivity contribution in [3.63, 3.8) is 0 Å². The molecule has 8 heteroatoms. The van der Waals surface area contributed by atoms with Crippen molar-refractivity contribution >= 4 is 23.4 Å². The largest absolute Gasteiger partial charge is 0.465 e. The van der Waals surface area contributed by atoms with Gasteiger partial charge in [0.1, 0.15) is 6.04 Å². The molecule has 2 aliphatic heterocycles. The second kappa shape index (κ2) is 4.08. The molecule has 0 unspecified atom stereocenters. The maximum atomic E-state index is 13.2. The van der Waals surface area contributed by atoms with E-state index in [1.54, 1.807) is 4.90 Å². The van der Waals surface area contributed by atoms with Crippen LogP contribution >= 0.6 is 0 Å². The summed E-state index contributed by atoms with van der Waals surface area (Å²) in [4.78, 5) is 29.3. The van der Waals surface area contributed by atoms with Crippen LogP contribution in [0.1, 0.15) is 0 Å². The van der Waals surface area contributed by atoms with Crippen molar-refractivity contribution in [2.24, 2.45) is 0 Å². The van der Waals surface area contributed by atoms with E-state index < -0.39 is 18.1 Å². The Balaban J connectivity index is 1.96. The van der Waals surface area contributed by atoms with Crippen LogP contribution in [0, 0.1) is 5.95 Å². The third kappa shape index (κ3) is 1.85. The van der Waals surface area contributed by atoms with Crippen molar-refractivity contribution in [2.75, 3.05) is 29.9 Å². The molecule has 0 radical (unpaired) electrons. The summed E-state index contributed by atoms with van der Waals surface area (Å²) in [7, 11) is 0. The van der Waals surface area contributed by atoms with E-state index in [9.17, 15) is 14.0 Å². The lowest BCUT2D eigenvalue weighted by molar-refractivity contribution is -0.118. The number of nitrogens with zero attached hydrogens (tertiary/aromatic N) is 3. The van der Waals surface area contributed by atoms with Gasteiger partial charge < -0.3 is 20.2 Å². The molecule has 0 spiro atoms. The van der Waals surface area contributed by atoms with Gasteiger partial charge in [0.2, 0.25) is 11.9 Å². The average molecular weight is 266 g/mol. The van der Waals surface area contributed by atoms with Gasteiger partial charge in [-0.2, -0.15) is 4.39 Å². The highest BCUT2D eigenvalue weighted by Crippen LogP contribution is 2.33. The highest BCUT2D eigenvalue weighted by atomic mass is 19.1. The quantitative estimate of drug-likeness (QED) is 0.661. The summed E-state index contributed by atoms with van der Waals surface area (Å²) in [6.07, 6.45) is 0.210. The number of carbonyl (C=O) groups excluding carboxylic acids is 1. The molecule has 1 atom stereocenters. The summed E-state index contributed by atoms with van der Waals surface area (Å²) < 4.78 is 13.2. The van der Waals surface area contributed by atoms with Gasteiger partial charge in [-0.25, -0.2) is 9.78 Å². The monoisotopic (exact) mass is 266 g/mol. The smallest absolute Gasteiger partial charge is 0.407 e. The lowest BCUT2D eigenvalue weighted by Crippen LogP contribution is -2.60. The number of hydrogen-bond donors (Lipinski definition) is 2. The minimum Gasteiger partial charge on any atom is -0.465 e. The van der Waals surface area contributed by atoms with Crippen LogP contribution in [-0.2, 0) is 4.79 Å². The van der Waals surface area contributed by atoms with Crippen molar-refractivity contribution in [1.29, 1.82) is 0 Å². The van der Waals surface area contributed by atoms with Gasteiger partial charge >= 0.3 is 6.09 Å². The van der Waals surface area contributed by atoms with Gasteiger partial charge in [-0.3, -0.25) is 4.79 Å². The van der Waals surface area contributed by atoms with E-state index in [0.717, 1.165) is 0 Å². The number of fused-ring (bicyclic) bond motifs is 3. The molecule has 2 aliphatic rings. The molecular formula is C11H11FN4O3. The molecule has 0 aromatic carbocycles. The van der Waals surface area contributed by atoms with Gasteiger partial charge in [0.15, 0.2) is 0 Å². The number of piperazine rings is 1. The highest BCUT2D eigenvalue weighted by molar-refractivity contribution is 6.03. The topological polar surface area (TPSA) is 85.8 Å². The van der Waals surface area contributed by atoms with Crippen LogP contribution in [0.2, 0.25) is 0 Å². The van der Waals surface area contributed by atoms with Crippen LogP contribution in [0.4, 0.5) is 20.6 Å². The summed E-state index contributed by atoms with van der Waals surface area (Å²) in [6, 6.07) is 0.622. The number of amides is 2. The van der Waals surface area contributed by atoms with Crippen molar-refractivity contribution in [3.8, 4) is 0 Å². The molecule has 2 amide bonds. The first-order valence-corrected chi connectivity index (χ1v) is 5.77. The fourth-order valence-corrected chi connectivity index (χ4v) is 2.44. The molecule has 3 heterocycles. The summed E-state index contributed by atoms with van der Waals surface area (Å²) >= 11 is 0. The molecule has 0 saturated carbocycles. The van der Waals surface area contributed by atoms with Gasteiger partial charge in [0, 0.05) is 19.2 Å². The van der Waals surface area contributed by atoms with Crippen LogP contribution in [0.15, 0.2) is 12.3 Å². The molecule has 1 saturated heterocycles. The Labute approximate surface area is 107 Å². The first-order chi connectivity index (χ1) is 9.06. The Morgan fingerprint density at radius 1 is 1.53 bits per heavy atom. The zero-order chi connectivity index (χ0) is 13.6. The van der Waals surface area contributed by atoms with Gasteiger partial charge in [-0.05, 0) is 0 Å². The third-order valence-electron chi connectivity index (χ3n) is 3.37. The van der Waals surface area contributed by atoms with Crippen LogP contribution in [0.3, 0.4) is 0 Å². The van der Waals surface area contributed by atoms with E-state index in [1.165, 1.54) is 17.2 Å². The lowest BCUT2D eigenvalue weighted by Gasteiger charge is -2.43. The lowest BCUT2D eigenvalue weighted by atomic mass is 10.1. The van der Waals surface area contributed by atoms with Gasteiger partial charge in [0.25, 0.3) is 0 Å². The molecule has 3 rings (SSSR count). The zero-order valence-corrected chi connectivity index (χ0v) is 9.84. The van der Waals surface area contributed by atoms with E-state index in [2.05, 4.69) is 10.3 Å². The van der Waals surface area contributed by atoms with Gasteiger partial charge in [-0.1, -0.05) is 0 Å². The van der Waals surface area contributed by atoms with Crippen LogP contribution in [0.25, 0.3) is 0 Å². The number of aromatic nitrogens is 1. The molecule has 100 valence electrons. The number of rotatable bonds is 0. The Kier molecular flexibility index (Phi) is 2.51. The summed E-state index contributed by atoms with van der Waals surface area (Å²) in [6.45, 7) is 0.702. The van der Waals surface area contributed by atoms with Crippen LogP contribution in [-0.4, -0.2) is 52.7 Å². The predicted octanol–water partition coefficient (Wildman–Crippen LogP) is 0.341. The number of anilines is 2. The average Bonchev–Trinajstić information content (AvgIpc) is 2.39. The Morgan fingerprint density at radius 2 is 2.32 bits per heavy atom. The molecule has 0 aliphatic carbocycles. The van der Waals surface area contributed by atoms with E-state index in [1.807, 2.05) is 0 Å². The van der Waals surface area contributed by atoms with E-state index >= 15 is 0 Å². The summed E-state index contributed by atoms with van der Waals surface area (Å²) in [5.41, 5.74) is 0.994. The highest BCUT2D eigenvalue weighted by Gasteiger charge is 2.38. The van der Waals surface area contributed by atoms with Gasteiger partial charge in [-0.15, -0.1) is 0 Å². The number of halogens is 1. The van der Waals surface area contributed by atoms with Crippen molar-refractivity contribution in [3.05, 3.63) is 18.2 Å². The second-order valence-corrected chi connectivity index (χ2v) is 4.45. The number of carbonyl (C=O) groups is 2. The molecule has 7 nitrogen and oxygen atoms in total. The molecule has 1 aromatic heterocycles. The second-order valence-electron chi connectivity index (χ2n) is 4.45. The SMILES string of the molecule is O=C1Nc2cnc(F)cc2N2CCN(C(=O)O)C[C@@H]12. The van der Waals surface area contributed by atoms with E-state index in [-0.39, 0.29) is 19.0 Å². The van der Waals surface area contributed by atoms with Crippen LogP contribution in [0.5, 0.6) is 0 Å². The van der Waals surface area contributed by atoms with Crippen LogP contribution < -0.4 is 10.2 Å². The zero-order valence-electron chi connectivity index (χ0n) is 9.84. The first kappa shape index (κ1) is 11.7. The van der Waals surface area contributed by atoms with Crippen molar-refractivity contribution in [1.82, 2.24) is 9.88 Å². The standard InChI is InChI=1S/C11H11FN4O3/c12-9-3-7-6(4-13-9)14-10(17)8-5-15(11(18)19)1-2-16(7)8/h3-4,8H,1-2,5H2,(H,14,17)(H,18,19)/t8-/m0/s1. The van der Waals surface area contributed by atoms with E-state index in [4.69, 9.17) is 5.11 Å². The number of carboxylic acid groups (broad SMARTS) is 1. The molecule has 19 heavy (non-hydrogen) atoms. The maximum absolute atomic E-state index is 13.2. The number of nitrogens with one attached hydrogen (secondary N) is 1. The predicted molar refractivity (Wildman–Crippen MR) is 63.6 cm³/mol. The maximum Gasteiger partial charge on any atom is 0.407 e. The van der Waals surface area contributed by atoms with Gasteiger partial charge in [0.05, 0.1) is 24.1 Å². The van der Waals surface area contributed by atoms with Crippen molar-refractivity contribution < 1.29 is 19.1 Å². The fraction of sp³-hybridized carbons (Fsp3) is 0.364. The Hall–Kier alpha value is -2.38. The minimum atomic E-state index is -1.06. The van der Waals surface area contributed by atoms with E-state index in [0.29, 0.717) is 17.9 Å². The first-order valence-electron chi connectivity index (χ1n) is 5.77. The minimum absolute atomic E-state index is 0.0740. The number of pyridine rings is 1. The van der Waals surface area contributed by atoms with Crippen molar-refractivity contribution in [2.45, 2.75) is 6.04 Å². The molecule has 0 bridgehead atoms. The molecular weight excluding hydrogens is 255 g/mol. The number of hydrogen-bond acceptors (Lipinski definition) is 4. The Bertz CT molecular complexity index is 565. The molecule has 1 aromatic rings. The Morgan fingerprint density at radius 3 is 3.05 bits per heavy atom. The third-order valence-corrected chi connectivity index (χ3v) is 3.37. The summed E-state index contributed by atoms with van der Waals surface area (Å²) in [5.74, 6) is -0.929. The fourth-order valence-electron chi connectivity index (χ4n) is 2.44.